The van der Waals surface area contributed by atoms with Crippen LogP contribution in [-0.2, 0) is 14.3 Å². The van der Waals surface area contributed by atoms with Crippen molar-refractivity contribution < 1.29 is 23.8 Å². The third kappa shape index (κ3) is 3.47. The van der Waals surface area contributed by atoms with Crippen molar-refractivity contribution in [1.82, 2.24) is 0 Å². The largest absolute Gasteiger partial charge is 0.455 e. The first kappa shape index (κ1) is 16.6. The Hall–Kier alpha value is -2.24. The van der Waals surface area contributed by atoms with Gasteiger partial charge in [-0.05, 0) is 31.4 Å². The molecule has 0 saturated heterocycles. The minimum absolute atomic E-state index is 0.203. The summed E-state index contributed by atoms with van der Waals surface area (Å²) in [7, 11) is 0. The lowest BCUT2D eigenvalue weighted by Crippen LogP contribution is -2.34. The number of benzene rings is 1. The van der Waals surface area contributed by atoms with E-state index < -0.39 is 5.79 Å². The lowest BCUT2D eigenvalue weighted by atomic mass is 10.1. The Balaban J connectivity index is 1.56. The zero-order chi connectivity index (χ0) is 17.2. The average molecular weight is 333 g/mol. The maximum atomic E-state index is 11.9. The van der Waals surface area contributed by atoms with Crippen LogP contribution in [0.4, 0.5) is 5.69 Å². The highest BCUT2D eigenvalue weighted by Gasteiger charge is 2.44. The molecule has 130 valence electrons. The van der Waals surface area contributed by atoms with Gasteiger partial charge in [0, 0.05) is 24.6 Å². The van der Waals surface area contributed by atoms with E-state index in [1.165, 1.54) is 0 Å². The van der Waals surface area contributed by atoms with E-state index in [1.54, 1.807) is 25.1 Å². The minimum atomic E-state index is -0.517. The van der Waals surface area contributed by atoms with Crippen LogP contribution in [0.2, 0.25) is 0 Å². The van der Waals surface area contributed by atoms with Crippen LogP contribution in [-0.4, -0.2) is 24.3 Å². The number of nitrogens with one attached hydrogen (secondary N) is 1. The Kier molecular flexibility index (Phi) is 4.64. The van der Waals surface area contributed by atoms with E-state index >= 15 is 0 Å². The summed E-state index contributed by atoms with van der Waals surface area (Å²) in [6.45, 7) is 3.38. The first-order valence-electron chi connectivity index (χ1n) is 8.50. The van der Waals surface area contributed by atoms with E-state index in [2.05, 4.69) is 5.32 Å². The lowest BCUT2D eigenvalue weighted by molar-refractivity contribution is -0.151. The van der Waals surface area contributed by atoms with Gasteiger partial charge in [0.1, 0.15) is 0 Å². The molecular formula is C18H23NO5. The molecule has 1 saturated carbocycles. The van der Waals surface area contributed by atoms with E-state index in [0.29, 0.717) is 23.6 Å². The van der Waals surface area contributed by atoms with Gasteiger partial charge in [-0.3, -0.25) is 9.59 Å². The van der Waals surface area contributed by atoms with Crippen LogP contribution in [0, 0.1) is 5.92 Å². The third-order valence-electron chi connectivity index (χ3n) is 4.55. The molecular weight excluding hydrogens is 310 g/mol. The van der Waals surface area contributed by atoms with Crippen LogP contribution in [0.15, 0.2) is 18.2 Å². The second-order valence-corrected chi connectivity index (χ2v) is 6.45. The van der Waals surface area contributed by atoms with E-state index in [-0.39, 0.29) is 24.4 Å². The zero-order valence-corrected chi connectivity index (χ0v) is 14.1. The molecule has 1 aliphatic heterocycles. The summed E-state index contributed by atoms with van der Waals surface area (Å²) in [5, 5.41) is 2.71. The predicted octanol–water partition coefficient (Wildman–Crippen LogP) is 3.26. The summed E-state index contributed by atoms with van der Waals surface area (Å²) in [5.74, 6) is -0.102. The number of ether oxygens (including phenoxy) is 3. The molecule has 1 aromatic rings. The number of rotatable bonds is 5. The molecule has 1 heterocycles. The van der Waals surface area contributed by atoms with Gasteiger partial charge in [0.15, 0.2) is 18.1 Å². The zero-order valence-electron chi connectivity index (χ0n) is 14.1. The summed E-state index contributed by atoms with van der Waals surface area (Å²) in [6.07, 6.45) is 4.65. The van der Waals surface area contributed by atoms with Gasteiger partial charge in [0.2, 0.25) is 0 Å². The fraction of sp³-hybridized carbons (Fsp3) is 0.556. The predicted molar refractivity (Wildman–Crippen MR) is 87.9 cm³/mol. The van der Waals surface area contributed by atoms with E-state index in [1.807, 2.05) is 6.92 Å². The van der Waals surface area contributed by atoms with Crippen molar-refractivity contribution in [3.63, 3.8) is 0 Å². The molecule has 1 unspecified atom stereocenters. The van der Waals surface area contributed by atoms with E-state index in [9.17, 15) is 9.59 Å². The number of hydrogen-bond acceptors (Lipinski definition) is 5. The highest BCUT2D eigenvalue weighted by atomic mass is 16.7. The van der Waals surface area contributed by atoms with Crippen LogP contribution >= 0.6 is 0 Å². The highest BCUT2D eigenvalue weighted by molar-refractivity contribution is 5.93. The molecule has 0 radical (unpaired) electrons. The van der Waals surface area contributed by atoms with Gasteiger partial charge in [0.05, 0.1) is 5.92 Å². The number of hydrogen-bond donors (Lipinski definition) is 1. The second-order valence-electron chi connectivity index (χ2n) is 6.45. The van der Waals surface area contributed by atoms with Crippen molar-refractivity contribution in [3.8, 4) is 11.5 Å². The van der Waals surface area contributed by atoms with Gasteiger partial charge >= 0.3 is 5.97 Å². The standard InChI is InChI=1S/C18H23NO5/c1-3-12(2)17(21)22-11-16(20)19-13-6-7-14-15(10-13)24-18(23-14)8-4-5-9-18/h6-7,10,12H,3-5,8-9,11H2,1-2H3,(H,19,20). The summed E-state index contributed by atoms with van der Waals surface area (Å²) < 4.78 is 16.9. The Morgan fingerprint density at radius 3 is 2.67 bits per heavy atom. The first-order valence-corrected chi connectivity index (χ1v) is 8.50. The molecule has 1 N–H and O–H groups in total. The number of anilines is 1. The summed E-state index contributed by atoms with van der Waals surface area (Å²) >= 11 is 0. The lowest BCUT2D eigenvalue weighted by Gasteiger charge is -2.21. The number of esters is 1. The third-order valence-corrected chi connectivity index (χ3v) is 4.55. The van der Waals surface area contributed by atoms with E-state index in [4.69, 9.17) is 14.2 Å². The molecule has 0 bridgehead atoms. The second kappa shape index (κ2) is 6.71. The van der Waals surface area contributed by atoms with Crippen molar-refractivity contribution in [3.05, 3.63) is 18.2 Å². The van der Waals surface area contributed by atoms with Gasteiger partial charge in [-0.2, -0.15) is 0 Å². The van der Waals surface area contributed by atoms with Gasteiger partial charge in [-0.1, -0.05) is 13.8 Å². The quantitative estimate of drug-likeness (QED) is 0.837. The maximum absolute atomic E-state index is 11.9. The van der Waals surface area contributed by atoms with Crippen LogP contribution in [0.25, 0.3) is 0 Å². The SMILES string of the molecule is CCC(C)C(=O)OCC(=O)Nc1ccc2c(c1)OC1(CCCC1)O2. The number of amides is 1. The van der Waals surface area contributed by atoms with Crippen LogP contribution in [0.1, 0.15) is 46.0 Å². The molecule has 1 atom stereocenters. The van der Waals surface area contributed by atoms with Gasteiger partial charge in [-0.15, -0.1) is 0 Å². The molecule has 6 heteroatoms. The molecule has 6 nitrogen and oxygen atoms in total. The average Bonchev–Trinajstić information content (AvgIpc) is 3.17. The fourth-order valence-corrected chi connectivity index (χ4v) is 2.93. The fourth-order valence-electron chi connectivity index (χ4n) is 2.93. The first-order chi connectivity index (χ1) is 11.5. The normalized spacial score (nSPS) is 18.4. The van der Waals surface area contributed by atoms with Gasteiger partial charge < -0.3 is 19.5 Å². The van der Waals surface area contributed by atoms with Crippen molar-refractivity contribution in [2.24, 2.45) is 5.92 Å². The maximum Gasteiger partial charge on any atom is 0.309 e. The Bertz CT molecular complexity index is 636. The summed E-state index contributed by atoms with van der Waals surface area (Å²) in [6, 6.07) is 5.30. The molecule has 2 aliphatic rings. The minimum Gasteiger partial charge on any atom is -0.455 e. The molecule has 24 heavy (non-hydrogen) atoms. The number of fused-ring (bicyclic) bond motifs is 1. The molecule has 3 rings (SSSR count). The van der Waals surface area contributed by atoms with Crippen molar-refractivity contribution >= 4 is 17.6 Å². The Morgan fingerprint density at radius 2 is 1.96 bits per heavy atom. The van der Waals surface area contributed by atoms with Crippen LogP contribution in [0.5, 0.6) is 11.5 Å². The van der Waals surface area contributed by atoms with Crippen molar-refractivity contribution in [2.45, 2.75) is 51.7 Å². The van der Waals surface area contributed by atoms with Gasteiger partial charge in [0.25, 0.3) is 11.7 Å². The van der Waals surface area contributed by atoms with Crippen LogP contribution < -0.4 is 14.8 Å². The number of carbonyl (C=O) groups excluding carboxylic acids is 2. The monoisotopic (exact) mass is 333 g/mol. The molecule has 1 aliphatic carbocycles. The molecule has 1 spiro atoms. The molecule has 1 amide bonds. The molecule has 1 aromatic carbocycles. The molecule has 1 fully saturated rings. The Labute approximate surface area is 141 Å². The summed E-state index contributed by atoms with van der Waals surface area (Å²) in [5.41, 5.74) is 0.594. The topological polar surface area (TPSA) is 73.9 Å². The summed E-state index contributed by atoms with van der Waals surface area (Å²) in [4.78, 5) is 23.5. The van der Waals surface area contributed by atoms with Crippen molar-refractivity contribution in [1.29, 1.82) is 0 Å². The number of carbonyl (C=O) groups is 2. The Morgan fingerprint density at radius 1 is 1.25 bits per heavy atom. The van der Waals surface area contributed by atoms with Gasteiger partial charge in [-0.25, -0.2) is 0 Å². The highest BCUT2D eigenvalue weighted by Crippen LogP contribution is 2.47. The smallest absolute Gasteiger partial charge is 0.309 e. The van der Waals surface area contributed by atoms with E-state index in [0.717, 1.165) is 25.7 Å². The van der Waals surface area contributed by atoms with Crippen molar-refractivity contribution in [2.75, 3.05) is 11.9 Å². The van der Waals surface area contributed by atoms with Crippen LogP contribution in [0.3, 0.4) is 0 Å². The molecule has 0 aromatic heterocycles.